The summed E-state index contributed by atoms with van der Waals surface area (Å²) in [7, 11) is 1.65. The summed E-state index contributed by atoms with van der Waals surface area (Å²) in [4.78, 5) is 23.6. The molecule has 0 bridgehead atoms. The first-order valence-corrected chi connectivity index (χ1v) is 36.7. The molecule has 0 saturated heterocycles. The molecule has 0 aromatic heterocycles. The average molecular weight is 1220 g/mol. The van der Waals surface area contributed by atoms with Crippen LogP contribution in [0.15, 0.2) is 30.3 Å². The lowest BCUT2D eigenvalue weighted by atomic mass is 9.91. The van der Waals surface area contributed by atoms with Crippen molar-refractivity contribution in [1.82, 2.24) is 5.32 Å². The third-order valence-corrected chi connectivity index (χ3v) is 19.1. The maximum Gasteiger partial charge on any atom is 0.220 e. The summed E-state index contributed by atoms with van der Waals surface area (Å²) in [5.41, 5.74) is 1.73. The highest BCUT2D eigenvalue weighted by Crippen LogP contribution is 2.41. The minimum absolute atomic E-state index is 0.152. The van der Waals surface area contributed by atoms with E-state index in [2.05, 4.69) is 121 Å². The van der Waals surface area contributed by atoms with Crippen molar-refractivity contribution in [1.29, 1.82) is 0 Å². The van der Waals surface area contributed by atoms with E-state index in [1.165, 1.54) is 173 Å². The average Bonchev–Trinajstić information content (AvgIpc) is 2.44. The summed E-state index contributed by atoms with van der Waals surface area (Å²) >= 11 is 0. The van der Waals surface area contributed by atoms with Crippen molar-refractivity contribution in [2.45, 2.75) is 322 Å². The molecular weight excluding hydrogens is 1070 g/mol. The zero-order valence-corrected chi connectivity index (χ0v) is 59.9. The summed E-state index contributed by atoms with van der Waals surface area (Å²) in [5.74, 6) is 12.1. The van der Waals surface area contributed by atoms with Gasteiger partial charge in [0.2, 0.25) is 11.7 Å². The Morgan fingerprint density at radius 2 is 0.724 bits per heavy atom. The second-order valence-corrected chi connectivity index (χ2v) is 30.1. The molecule has 0 aliphatic carbocycles. The molecule has 0 saturated carbocycles. The van der Waals surface area contributed by atoms with Gasteiger partial charge >= 0.3 is 0 Å². The summed E-state index contributed by atoms with van der Waals surface area (Å²) in [5, 5.41) is 2.96. The van der Waals surface area contributed by atoms with E-state index in [1.54, 1.807) is 7.11 Å². The first-order valence-electron chi connectivity index (χ1n) is 36.7. The molecule has 9 atom stereocenters. The fourth-order valence-electron chi connectivity index (χ4n) is 12.6. The van der Waals surface area contributed by atoms with Gasteiger partial charge in [-0.15, -0.1) is 0 Å². The predicted octanol–water partition coefficient (Wildman–Crippen LogP) is 23.4. The van der Waals surface area contributed by atoms with Crippen LogP contribution in [0.25, 0.3) is 0 Å². The third-order valence-electron chi connectivity index (χ3n) is 19.1. The van der Waals surface area contributed by atoms with Crippen LogP contribution in [-0.4, -0.2) is 39.1 Å². The van der Waals surface area contributed by atoms with E-state index in [1.807, 2.05) is 18.2 Å². The van der Waals surface area contributed by atoms with Gasteiger partial charge in [0.1, 0.15) is 24.4 Å². The lowest BCUT2D eigenvalue weighted by molar-refractivity contribution is -0.122. The topological polar surface area (TPSA) is 92.3 Å². The number of carbonyl (C=O) groups is 2. The van der Waals surface area contributed by atoms with Crippen LogP contribution in [0.4, 0.5) is 0 Å². The SMILES string of the molecule is COc1ccc(CNC(=O)CCC=O)c(OCc2cc(OCCC(C)CCC[C@H](C)CCC[C@H](C)CCCC(C)C)c(OCCC(C)CCC[C@H](C)CCC[C@H](C)CCCC(C)C)c(OCCC(C)CCC[C@H](C)CCC[C@H](C)CCCC(C)C)c2)c1. The number of ether oxygens (including phenoxy) is 5. The summed E-state index contributed by atoms with van der Waals surface area (Å²) in [6.07, 6.45) is 39.7. The largest absolute Gasteiger partial charge is 0.497 e. The van der Waals surface area contributed by atoms with Gasteiger partial charge in [-0.05, 0) is 120 Å². The van der Waals surface area contributed by atoms with Gasteiger partial charge in [-0.3, -0.25) is 4.79 Å². The Labute approximate surface area is 538 Å². The number of aldehydes is 1. The van der Waals surface area contributed by atoms with Crippen molar-refractivity contribution in [2.24, 2.45) is 71.0 Å². The second-order valence-electron chi connectivity index (χ2n) is 30.1. The Balaban J connectivity index is 2.29. The van der Waals surface area contributed by atoms with E-state index in [9.17, 15) is 9.59 Å². The van der Waals surface area contributed by atoms with Crippen LogP contribution >= 0.6 is 0 Å². The van der Waals surface area contributed by atoms with Crippen LogP contribution in [0.1, 0.15) is 320 Å². The van der Waals surface area contributed by atoms with Gasteiger partial charge in [0.15, 0.2) is 11.5 Å². The van der Waals surface area contributed by atoms with E-state index in [4.69, 9.17) is 23.7 Å². The van der Waals surface area contributed by atoms with Crippen molar-refractivity contribution in [3.05, 3.63) is 41.5 Å². The predicted molar refractivity (Wildman–Crippen MR) is 373 cm³/mol. The van der Waals surface area contributed by atoms with Crippen LogP contribution in [0.5, 0.6) is 28.7 Å². The number of methoxy groups -OCH3 is 1. The molecule has 0 aliphatic rings. The zero-order chi connectivity index (χ0) is 64.2. The number of rotatable bonds is 57. The van der Waals surface area contributed by atoms with Crippen LogP contribution < -0.4 is 29.0 Å². The molecular formula is C79H141NO7. The Morgan fingerprint density at radius 1 is 0.402 bits per heavy atom. The van der Waals surface area contributed by atoms with E-state index in [-0.39, 0.29) is 31.9 Å². The molecule has 2 aromatic carbocycles. The monoisotopic (exact) mass is 1220 g/mol. The van der Waals surface area contributed by atoms with Crippen molar-refractivity contribution in [3.63, 3.8) is 0 Å². The molecule has 2 rings (SSSR count). The standard InChI is InChI=1S/C79H141NO7/c1-60(2)27-17-30-63(7)33-20-36-66(10)39-23-42-69(13)48-52-84-76-55-72(59-87-75-57-74(83-16)47-46-73(75)58-80-78(82)45-26-51-81)56-77(85-53-49-70(14)43-24-40-67(11)37-21-34-64(8)31-18-28-61(3)4)79(76)86-54-50-71(15)44-25-41-68(12)38-22-35-65(9)32-19-29-62(5)6/h46-47,51,55-57,60-71H,17-45,48-50,52-54,58-59H2,1-16H3,(H,80,82)/t63-,64-,65-,66-,67-,68-,69?,70?,71?/m1/s1. The molecule has 1 N–H and O–H groups in total. The van der Waals surface area contributed by atoms with Gasteiger partial charge in [-0.2, -0.15) is 0 Å². The number of benzene rings is 2. The molecule has 87 heavy (non-hydrogen) atoms. The number of carbonyl (C=O) groups excluding carboxylic acids is 2. The second kappa shape index (κ2) is 49.3. The fraction of sp³-hybridized carbons (Fsp3) is 0.823. The minimum Gasteiger partial charge on any atom is -0.497 e. The van der Waals surface area contributed by atoms with E-state index in [0.29, 0.717) is 66.3 Å². The van der Waals surface area contributed by atoms with Crippen molar-refractivity contribution < 1.29 is 33.3 Å². The van der Waals surface area contributed by atoms with E-state index in [0.717, 1.165) is 89.9 Å². The highest BCUT2D eigenvalue weighted by atomic mass is 16.5. The van der Waals surface area contributed by atoms with Crippen molar-refractivity contribution >= 4 is 12.2 Å². The molecule has 0 spiro atoms. The Morgan fingerprint density at radius 3 is 1.05 bits per heavy atom. The van der Waals surface area contributed by atoms with Crippen LogP contribution in [0, 0.1) is 71.0 Å². The minimum atomic E-state index is -0.176. The van der Waals surface area contributed by atoms with Gasteiger partial charge in [-0.1, -0.05) is 277 Å². The van der Waals surface area contributed by atoms with Crippen LogP contribution in [0.3, 0.4) is 0 Å². The van der Waals surface area contributed by atoms with Crippen LogP contribution in [0.2, 0.25) is 0 Å². The van der Waals surface area contributed by atoms with Gasteiger partial charge < -0.3 is 33.8 Å². The summed E-state index contributed by atoms with van der Waals surface area (Å²) in [6.45, 7) is 38.3. The van der Waals surface area contributed by atoms with Crippen molar-refractivity contribution in [3.8, 4) is 28.7 Å². The van der Waals surface area contributed by atoms with Crippen LogP contribution in [-0.2, 0) is 22.7 Å². The Bertz CT molecular complexity index is 1930. The molecule has 2 aromatic rings. The number of amides is 1. The van der Waals surface area contributed by atoms with Gasteiger partial charge in [0.05, 0.1) is 26.9 Å². The molecule has 8 heteroatoms. The molecule has 0 fully saturated rings. The highest BCUT2D eigenvalue weighted by molar-refractivity contribution is 5.78. The molecule has 0 radical (unpaired) electrons. The van der Waals surface area contributed by atoms with Gasteiger partial charge in [0.25, 0.3) is 0 Å². The Hall–Kier alpha value is -3.42. The maximum absolute atomic E-state index is 12.6. The Kier molecular flexibility index (Phi) is 45.2. The summed E-state index contributed by atoms with van der Waals surface area (Å²) in [6, 6.07) is 9.86. The first kappa shape index (κ1) is 79.7. The van der Waals surface area contributed by atoms with E-state index < -0.39 is 0 Å². The molecule has 3 unspecified atom stereocenters. The molecule has 8 nitrogen and oxygen atoms in total. The lowest BCUT2D eigenvalue weighted by Crippen LogP contribution is -2.22. The fourth-order valence-corrected chi connectivity index (χ4v) is 12.6. The highest BCUT2D eigenvalue weighted by Gasteiger charge is 2.20. The number of hydrogen-bond donors (Lipinski definition) is 1. The normalized spacial score (nSPS) is 15.0. The van der Waals surface area contributed by atoms with Gasteiger partial charge in [0, 0.05) is 31.0 Å². The lowest BCUT2D eigenvalue weighted by Gasteiger charge is -2.22. The number of nitrogens with one attached hydrogen (secondary N) is 1. The van der Waals surface area contributed by atoms with E-state index >= 15 is 0 Å². The van der Waals surface area contributed by atoms with Crippen molar-refractivity contribution in [2.75, 3.05) is 26.9 Å². The molecule has 0 heterocycles. The smallest absolute Gasteiger partial charge is 0.220 e. The molecule has 0 aliphatic heterocycles. The molecule has 504 valence electrons. The zero-order valence-electron chi connectivity index (χ0n) is 59.9. The third kappa shape index (κ3) is 41.6. The quantitative estimate of drug-likeness (QED) is 0.0660. The van der Waals surface area contributed by atoms with Gasteiger partial charge in [-0.25, -0.2) is 0 Å². The number of hydrogen-bond acceptors (Lipinski definition) is 7. The molecule has 1 amide bonds. The maximum atomic E-state index is 12.6. The summed E-state index contributed by atoms with van der Waals surface area (Å²) < 4.78 is 32.9. The first-order chi connectivity index (χ1) is 41.7.